The number of carbonyl (C=O) groups is 1. The maximum Gasteiger partial charge on any atom is 0.251 e. The van der Waals surface area contributed by atoms with Gasteiger partial charge in [-0.3, -0.25) is 4.79 Å². The molecule has 2 atom stereocenters. The van der Waals surface area contributed by atoms with E-state index in [1.807, 2.05) is 42.5 Å². The van der Waals surface area contributed by atoms with Gasteiger partial charge in [0.25, 0.3) is 6.23 Å². The van der Waals surface area contributed by atoms with Gasteiger partial charge in [0.05, 0.1) is 26.0 Å². The van der Waals surface area contributed by atoms with Crippen LogP contribution < -0.4 is 14.2 Å². The van der Waals surface area contributed by atoms with Crippen molar-refractivity contribution in [1.82, 2.24) is 5.01 Å². The molecule has 162 valence electrons. The van der Waals surface area contributed by atoms with E-state index >= 15 is 0 Å². The average Bonchev–Trinajstić information content (AvgIpc) is 3.29. The van der Waals surface area contributed by atoms with Gasteiger partial charge in [-0.05, 0) is 48.5 Å². The predicted octanol–water partition coefficient (Wildman–Crippen LogP) is 5.11. The highest BCUT2D eigenvalue weighted by Crippen LogP contribution is 2.44. The van der Waals surface area contributed by atoms with Crippen molar-refractivity contribution in [3.8, 4) is 17.2 Å². The summed E-state index contributed by atoms with van der Waals surface area (Å²) in [5.41, 5.74) is 3.29. The molecule has 0 bridgehead atoms. The van der Waals surface area contributed by atoms with Crippen LogP contribution in [-0.2, 0) is 0 Å². The molecular weight excluding hydrogens is 428 g/mol. The van der Waals surface area contributed by atoms with Crippen molar-refractivity contribution < 1.29 is 19.0 Å². The number of hydrogen-bond acceptors (Lipinski definition) is 6. The minimum Gasteiger partial charge on any atom is -0.493 e. The van der Waals surface area contributed by atoms with Crippen molar-refractivity contribution in [3.05, 3.63) is 88.4 Å². The van der Waals surface area contributed by atoms with Gasteiger partial charge < -0.3 is 14.2 Å². The quantitative estimate of drug-likeness (QED) is 0.507. The lowest BCUT2D eigenvalue weighted by Gasteiger charge is -2.37. The van der Waals surface area contributed by atoms with E-state index in [2.05, 4.69) is 0 Å². The Bertz CT molecular complexity index is 1210. The second-order valence-electron chi connectivity index (χ2n) is 7.60. The van der Waals surface area contributed by atoms with Crippen LogP contribution >= 0.6 is 11.6 Å². The summed E-state index contributed by atoms with van der Waals surface area (Å²) in [6.07, 6.45) is -0.228. The summed E-state index contributed by atoms with van der Waals surface area (Å²) >= 11 is 6.00. The fourth-order valence-electron chi connectivity index (χ4n) is 4.15. The molecule has 0 unspecified atom stereocenters. The Hall–Kier alpha value is -3.51. The molecule has 2 heterocycles. The van der Waals surface area contributed by atoms with Crippen molar-refractivity contribution in [3.63, 3.8) is 0 Å². The summed E-state index contributed by atoms with van der Waals surface area (Å²) in [4.78, 5) is 13.4. The normalized spacial score (nSPS) is 18.8. The Balaban J connectivity index is 1.55. The van der Waals surface area contributed by atoms with Crippen molar-refractivity contribution in [2.45, 2.75) is 18.7 Å². The lowest BCUT2D eigenvalue weighted by atomic mass is 9.95. The number of carbonyl (C=O) groups excluding carboxylic acids is 1. The zero-order valence-corrected chi connectivity index (χ0v) is 18.4. The molecule has 0 N–H and O–H groups in total. The molecule has 0 saturated heterocycles. The van der Waals surface area contributed by atoms with Gasteiger partial charge in [0.15, 0.2) is 11.5 Å². The number of fused-ring (bicyclic) bond motifs is 3. The van der Waals surface area contributed by atoms with E-state index in [4.69, 9.17) is 30.9 Å². The second-order valence-corrected chi connectivity index (χ2v) is 8.03. The third-order valence-electron chi connectivity index (χ3n) is 5.77. The Labute approximate surface area is 191 Å². The largest absolute Gasteiger partial charge is 0.493 e. The van der Waals surface area contributed by atoms with Gasteiger partial charge in [-0.1, -0.05) is 29.8 Å². The zero-order chi connectivity index (χ0) is 22.2. The molecule has 5 rings (SSSR count). The van der Waals surface area contributed by atoms with Crippen molar-refractivity contribution >= 4 is 23.1 Å². The molecule has 2 aliphatic heterocycles. The Morgan fingerprint density at radius 2 is 1.78 bits per heavy atom. The number of rotatable bonds is 5. The molecule has 0 aromatic heterocycles. The van der Waals surface area contributed by atoms with Gasteiger partial charge in [-0.15, -0.1) is 0 Å². The Morgan fingerprint density at radius 3 is 2.53 bits per heavy atom. The number of Topliss-reactive ketones (excluding diaryl/α,β-unsaturated/α-hetero) is 1. The summed E-state index contributed by atoms with van der Waals surface area (Å²) in [5, 5.41) is 7.18. The number of para-hydroxylation sites is 1. The SMILES string of the molecule is COc1ccc(C2=NN3[C@H](C2)c2ccccc2O[C@H]3C(=O)c2ccc(Cl)cc2)cc1OC. The number of nitrogens with zero attached hydrogens (tertiary/aromatic N) is 2. The number of ether oxygens (including phenoxy) is 3. The first-order valence-corrected chi connectivity index (χ1v) is 10.6. The maximum absolute atomic E-state index is 13.4. The van der Waals surface area contributed by atoms with Gasteiger partial charge in [0, 0.05) is 28.1 Å². The highest BCUT2D eigenvalue weighted by Gasteiger charge is 2.43. The van der Waals surface area contributed by atoms with Crippen LogP contribution in [0, 0.1) is 0 Å². The lowest BCUT2D eigenvalue weighted by Crippen LogP contribution is -2.45. The van der Waals surface area contributed by atoms with Crippen LogP contribution in [-0.4, -0.2) is 37.0 Å². The molecule has 0 spiro atoms. The molecule has 3 aromatic carbocycles. The van der Waals surface area contributed by atoms with Crippen LogP contribution in [0.1, 0.15) is 33.9 Å². The van der Waals surface area contributed by atoms with Crippen molar-refractivity contribution in [2.24, 2.45) is 5.10 Å². The van der Waals surface area contributed by atoms with Crippen LogP contribution in [0.15, 0.2) is 71.8 Å². The zero-order valence-electron chi connectivity index (χ0n) is 17.6. The molecule has 0 aliphatic carbocycles. The maximum atomic E-state index is 13.4. The average molecular weight is 449 g/mol. The van der Waals surface area contributed by atoms with Crippen LogP contribution in [0.3, 0.4) is 0 Å². The molecule has 2 aliphatic rings. The Morgan fingerprint density at radius 1 is 1.03 bits per heavy atom. The number of halogens is 1. The first-order chi connectivity index (χ1) is 15.6. The molecule has 0 radical (unpaired) electrons. The first-order valence-electron chi connectivity index (χ1n) is 10.2. The van der Waals surface area contributed by atoms with Gasteiger partial charge >= 0.3 is 0 Å². The summed E-state index contributed by atoms with van der Waals surface area (Å²) < 4.78 is 17.0. The molecule has 7 heteroatoms. The number of hydrazone groups is 1. The third-order valence-corrected chi connectivity index (χ3v) is 6.02. The second kappa shape index (κ2) is 8.20. The number of ketones is 1. The summed E-state index contributed by atoms with van der Waals surface area (Å²) in [7, 11) is 3.21. The van der Waals surface area contributed by atoms with E-state index in [9.17, 15) is 4.79 Å². The van der Waals surface area contributed by atoms with Crippen LogP contribution in [0.4, 0.5) is 0 Å². The van der Waals surface area contributed by atoms with Crippen LogP contribution in [0.25, 0.3) is 0 Å². The number of methoxy groups -OCH3 is 2. The standard InChI is InChI=1S/C25H21ClN2O4/c1-30-22-12-9-16(13-23(22)31-2)19-14-20-18-5-3-4-6-21(18)32-25(28(20)27-19)24(29)15-7-10-17(26)11-8-15/h3-13,20,25H,14H2,1-2H3/t20-,25+/m1/s1. The van der Waals surface area contributed by atoms with E-state index in [0.29, 0.717) is 34.3 Å². The topological polar surface area (TPSA) is 60.4 Å². The van der Waals surface area contributed by atoms with E-state index in [-0.39, 0.29) is 11.8 Å². The molecule has 0 amide bonds. The first kappa shape index (κ1) is 20.4. The fourth-order valence-corrected chi connectivity index (χ4v) is 4.28. The predicted molar refractivity (Wildman–Crippen MR) is 122 cm³/mol. The van der Waals surface area contributed by atoms with Crippen molar-refractivity contribution in [1.29, 1.82) is 0 Å². The fraction of sp³-hybridized carbons (Fsp3) is 0.200. The van der Waals surface area contributed by atoms with Gasteiger partial charge in [0.1, 0.15) is 5.75 Å². The van der Waals surface area contributed by atoms with E-state index in [1.165, 1.54) is 0 Å². The minimum absolute atomic E-state index is 0.107. The third kappa shape index (κ3) is 3.46. The molecular formula is C25H21ClN2O4. The summed E-state index contributed by atoms with van der Waals surface area (Å²) in [5.74, 6) is 1.81. The smallest absolute Gasteiger partial charge is 0.251 e. The summed E-state index contributed by atoms with van der Waals surface area (Å²) in [6.45, 7) is 0. The monoisotopic (exact) mass is 448 g/mol. The van der Waals surface area contributed by atoms with Gasteiger partial charge in [-0.2, -0.15) is 5.10 Å². The molecule has 6 nitrogen and oxygen atoms in total. The van der Waals surface area contributed by atoms with Crippen LogP contribution in [0.5, 0.6) is 17.2 Å². The van der Waals surface area contributed by atoms with E-state index < -0.39 is 6.23 Å². The lowest BCUT2D eigenvalue weighted by molar-refractivity contribution is -0.00455. The molecule has 32 heavy (non-hydrogen) atoms. The van der Waals surface area contributed by atoms with E-state index in [1.54, 1.807) is 43.5 Å². The highest BCUT2D eigenvalue weighted by atomic mass is 35.5. The Kier molecular flexibility index (Phi) is 5.23. The van der Waals surface area contributed by atoms with Crippen molar-refractivity contribution in [2.75, 3.05) is 14.2 Å². The highest BCUT2D eigenvalue weighted by molar-refractivity contribution is 6.30. The van der Waals surface area contributed by atoms with E-state index in [0.717, 1.165) is 16.8 Å². The van der Waals surface area contributed by atoms with Crippen LogP contribution in [0.2, 0.25) is 5.02 Å². The van der Waals surface area contributed by atoms with Gasteiger partial charge in [0.2, 0.25) is 5.78 Å². The molecule has 0 fully saturated rings. The minimum atomic E-state index is -0.867. The van der Waals surface area contributed by atoms with Gasteiger partial charge in [-0.25, -0.2) is 5.01 Å². The molecule has 0 saturated carbocycles. The summed E-state index contributed by atoms with van der Waals surface area (Å²) in [6, 6.07) is 20.2. The number of benzene rings is 3. The molecule has 3 aromatic rings. The number of hydrogen-bond donors (Lipinski definition) is 0.